The number of halogens is 1. The van der Waals surface area contributed by atoms with Crippen LogP contribution in [0.25, 0.3) is 0 Å². The molecule has 0 aliphatic rings. The van der Waals surface area contributed by atoms with Crippen molar-refractivity contribution in [3.8, 4) is 5.75 Å². The van der Waals surface area contributed by atoms with E-state index in [2.05, 4.69) is 0 Å². The molecule has 2 aromatic carbocycles. The Morgan fingerprint density at radius 2 is 2.00 bits per heavy atom. The number of methoxy groups -OCH3 is 1. The number of rotatable bonds is 7. The van der Waals surface area contributed by atoms with E-state index in [1.54, 1.807) is 0 Å². The summed E-state index contributed by atoms with van der Waals surface area (Å²) >= 11 is 5.98. The molecular formula is C16H15ClN2O7S. The van der Waals surface area contributed by atoms with Crippen LogP contribution < -0.4 is 9.04 Å². The van der Waals surface area contributed by atoms with Gasteiger partial charge in [-0.25, -0.2) is 8.42 Å². The average molecular weight is 415 g/mol. The largest absolute Gasteiger partial charge is 0.495 e. The van der Waals surface area contributed by atoms with E-state index in [1.807, 2.05) is 0 Å². The minimum atomic E-state index is -4.37. The Labute approximate surface area is 159 Å². The molecule has 2 aromatic rings. The Morgan fingerprint density at radius 1 is 1.33 bits per heavy atom. The van der Waals surface area contributed by atoms with Crippen molar-refractivity contribution >= 4 is 39.0 Å². The number of nitrogens with zero attached hydrogens (tertiary/aromatic N) is 2. The van der Waals surface area contributed by atoms with E-state index in [1.165, 1.54) is 44.4 Å². The number of anilines is 1. The molecule has 27 heavy (non-hydrogen) atoms. The molecule has 0 spiro atoms. The van der Waals surface area contributed by atoms with E-state index < -0.39 is 27.5 Å². The molecule has 0 atom stereocenters. The van der Waals surface area contributed by atoms with Crippen molar-refractivity contribution in [2.45, 2.75) is 11.8 Å². The standard InChI is InChI=1S/C16H15ClN2O7S/c1-10-13(4-3-5-14(10)19(22)23)18(9-16(20)21)27(24,25)11-6-7-15(26-2)12(17)8-11/h3-8H,9H2,1-2H3,(H,20,21). The second kappa shape index (κ2) is 7.80. The van der Waals surface area contributed by atoms with Crippen molar-refractivity contribution in [3.05, 3.63) is 57.1 Å². The van der Waals surface area contributed by atoms with E-state index in [-0.39, 0.29) is 32.6 Å². The fourth-order valence-corrected chi connectivity index (χ4v) is 4.26. The van der Waals surface area contributed by atoms with Gasteiger partial charge in [-0.3, -0.25) is 19.2 Å². The molecule has 0 fully saturated rings. The lowest BCUT2D eigenvalue weighted by atomic mass is 10.1. The Kier molecular flexibility index (Phi) is 5.91. The number of carboxylic acids is 1. The van der Waals surface area contributed by atoms with Crippen LogP contribution >= 0.6 is 11.6 Å². The fraction of sp³-hybridized carbons (Fsp3) is 0.188. The third-order valence-electron chi connectivity index (χ3n) is 3.73. The van der Waals surface area contributed by atoms with Gasteiger partial charge in [-0.15, -0.1) is 0 Å². The van der Waals surface area contributed by atoms with Gasteiger partial charge >= 0.3 is 5.97 Å². The summed E-state index contributed by atoms with van der Waals surface area (Å²) in [6.07, 6.45) is 0. The molecule has 0 radical (unpaired) electrons. The zero-order valence-electron chi connectivity index (χ0n) is 14.2. The summed E-state index contributed by atoms with van der Waals surface area (Å²) in [5.74, 6) is -1.18. The van der Waals surface area contributed by atoms with E-state index in [0.29, 0.717) is 4.31 Å². The van der Waals surface area contributed by atoms with Crippen molar-refractivity contribution in [1.82, 2.24) is 0 Å². The van der Waals surface area contributed by atoms with E-state index in [0.717, 1.165) is 6.07 Å². The van der Waals surface area contributed by atoms with Crippen molar-refractivity contribution in [1.29, 1.82) is 0 Å². The minimum absolute atomic E-state index is 0.0182. The third-order valence-corrected chi connectivity index (χ3v) is 5.78. The minimum Gasteiger partial charge on any atom is -0.495 e. The zero-order chi connectivity index (χ0) is 20.4. The monoisotopic (exact) mass is 414 g/mol. The molecule has 11 heteroatoms. The van der Waals surface area contributed by atoms with Crippen molar-refractivity contribution < 1.29 is 28.0 Å². The molecule has 0 heterocycles. The van der Waals surface area contributed by atoms with Gasteiger partial charge in [-0.05, 0) is 31.2 Å². The SMILES string of the molecule is COc1ccc(S(=O)(=O)N(CC(=O)O)c2cccc([N+](=O)[O-])c2C)cc1Cl. The normalized spacial score (nSPS) is 11.1. The fourth-order valence-electron chi connectivity index (χ4n) is 2.44. The van der Waals surface area contributed by atoms with Crippen molar-refractivity contribution in [2.75, 3.05) is 18.0 Å². The van der Waals surface area contributed by atoms with Crippen LogP contribution in [0.1, 0.15) is 5.56 Å². The first-order valence-electron chi connectivity index (χ1n) is 7.41. The van der Waals surface area contributed by atoms with Gasteiger partial charge in [0, 0.05) is 6.07 Å². The highest BCUT2D eigenvalue weighted by Crippen LogP contribution is 2.34. The van der Waals surface area contributed by atoms with E-state index in [4.69, 9.17) is 16.3 Å². The second-order valence-electron chi connectivity index (χ2n) is 5.38. The van der Waals surface area contributed by atoms with E-state index in [9.17, 15) is 28.4 Å². The molecule has 0 aliphatic carbocycles. The summed E-state index contributed by atoms with van der Waals surface area (Å²) in [7, 11) is -3.01. The maximum atomic E-state index is 13.0. The molecule has 1 N–H and O–H groups in total. The molecule has 0 aliphatic heterocycles. The highest BCUT2D eigenvalue weighted by molar-refractivity contribution is 7.92. The van der Waals surface area contributed by atoms with Gasteiger partial charge in [-0.1, -0.05) is 17.7 Å². The van der Waals surface area contributed by atoms with Gasteiger partial charge in [0.2, 0.25) is 0 Å². The molecule has 144 valence electrons. The quantitative estimate of drug-likeness (QED) is 0.545. The number of nitro groups is 1. The molecule has 2 rings (SSSR count). The number of nitro benzene ring substituents is 1. The second-order valence-corrected chi connectivity index (χ2v) is 7.65. The average Bonchev–Trinajstić information content (AvgIpc) is 2.59. The summed E-state index contributed by atoms with van der Waals surface area (Å²) in [4.78, 5) is 21.5. The maximum Gasteiger partial charge on any atom is 0.324 e. The zero-order valence-corrected chi connectivity index (χ0v) is 15.8. The Bertz CT molecular complexity index is 1010. The van der Waals surface area contributed by atoms with Crippen LogP contribution in [0.5, 0.6) is 5.75 Å². The summed E-state index contributed by atoms with van der Waals surface area (Å²) in [6.45, 7) is 0.423. The smallest absolute Gasteiger partial charge is 0.324 e. The van der Waals surface area contributed by atoms with Gasteiger partial charge in [-0.2, -0.15) is 0 Å². The number of hydrogen-bond donors (Lipinski definition) is 1. The predicted octanol–water partition coefficient (Wildman–Crippen LogP) is 2.85. The summed E-state index contributed by atoms with van der Waals surface area (Å²) in [6, 6.07) is 7.45. The van der Waals surface area contributed by atoms with Crippen molar-refractivity contribution in [3.63, 3.8) is 0 Å². The van der Waals surface area contributed by atoms with Crippen LogP contribution in [0.15, 0.2) is 41.3 Å². The molecule has 0 unspecified atom stereocenters. The van der Waals surface area contributed by atoms with Crippen LogP contribution in [0.3, 0.4) is 0 Å². The first kappa shape index (κ1) is 20.5. The van der Waals surface area contributed by atoms with Crippen LogP contribution in [0.4, 0.5) is 11.4 Å². The number of hydrogen-bond acceptors (Lipinski definition) is 6. The number of carbonyl (C=O) groups is 1. The number of aliphatic carboxylic acids is 1. The molecule has 0 bridgehead atoms. The van der Waals surface area contributed by atoms with Crippen LogP contribution in [0, 0.1) is 17.0 Å². The number of ether oxygens (including phenoxy) is 1. The summed E-state index contributed by atoms with van der Waals surface area (Å²) in [5.41, 5.74) is -0.420. The van der Waals surface area contributed by atoms with Gasteiger partial charge in [0.05, 0.1) is 33.2 Å². The van der Waals surface area contributed by atoms with E-state index >= 15 is 0 Å². The number of benzene rings is 2. The van der Waals surface area contributed by atoms with Crippen LogP contribution in [-0.4, -0.2) is 38.1 Å². The Hall–Kier alpha value is -2.85. The molecule has 0 saturated heterocycles. The van der Waals surface area contributed by atoms with Gasteiger partial charge in [0.15, 0.2) is 0 Å². The highest BCUT2D eigenvalue weighted by Gasteiger charge is 2.30. The molecular weight excluding hydrogens is 400 g/mol. The van der Waals surface area contributed by atoms with Crippen LogP contribution in [0.2, 0.25) is 5.02 Å². The molecule has 0 aromatic heterocycles. The van der Waals surface area contributed by atoms with Gasteiger partial charge in [0.1, 0.15) is 12.3 Å². The lowest BCUT2D eigenvalue weighted by molar-refractivity contribution is -0.385. The molecule has 0 amide bonds. The summed E-state index contributed by atoms with van der Waals surface area (Å²) in [5, 5.41) is 20.3. The number of carboxylic acid groups (broad SMARTS) is 1. The van der Waals surface area contributed by atoms with Gasteiger partial charge in [0.25, 0.3) is 15.7 Å². The lowest BCUT2D eigenvalue weighted by Gasteiger charge is -2.24. The maximum absolute atomic E-state index is 13.0. The Morgan fingerprint density at radius 3 is 2.52 bits per heavy atom. The summed E-state index contributed by atoms with van der Waals surface area (Å²) < 4.78 is 31.7. The van der Waals surface area contributed by atoms with Gasteiger partial charge < -0.3 is 9.84 Å². The molecule has 9 nitrogen and oxygen atoms in total. The highest BCUT2D eigenvalue weighted by atomic mass is 35.5. The number of sulfonamides is 1. The van der Waals surface area contributed by atoms with Crippen molar-refractivity contribution in [2.24, 2.45) is 0 Å². The first-order valence-corrected chi connectivity index (χ1v) is 9.23. The lowest BCUT2D eigenvalue weighted by Crippen LogP contribution is -2.36. The topological polar surface area (TPSA) is 127 Å². The first-order chi connectivity index (χ1) is 12.6. The Balaban J connectivity index is 2.66. The molecule has 0 saturated carbocycles. The van der Waals surface area contributed by atoms with Crippen LogP contribution in [-0.2, 0) is 14.8 Å². The predicted molar refractivity (Wildman–Crippen MR) is 98.0 cm³/mol. The third kappa shape index (κ3) is 4.12.